The molecule has 0 unspecified atom stereocenters. The molecule has 4 heteroatoms. The average molecular weight is 312 g/mol. The fourth-order valence-corrected chi connectivity index (χ4v) is 2.07. The quantitative estimate of drug-likeness (QED) is 0.644. The van der Waals surface area contributed by atoms with Gasteiger partial charge in [-0.05, 0) is 68.8 Å². The number of phenolic OH excluding ortho intramolecular Hbond substituents is 2. The van der Waals surface area contributed by atoms with Crippen molar-refractivity contribution >= 4 is 11.9 Å². The number of carbonyl (C=O) groups is 1. The SMILES string of the molecule is Cc1cc(/C=C/C(=O)c2ccc(O)cc2)c(OC(C)C)cc1O. The van der Waals surface area contributed by atoms with Gasteiger partial charge >= 0.3 is 0 Å². The third kappa shape index (κ3) is 4.36. The zero-order chi connectivity index (χ0) is 17.0. The van der Waals surface area contributed by atoms with Crippen molar-refractivity contribution in [3.05, 3.63) is 59.2 Å². The summed E-state index contributed by atoms with van der Waals surface area (Å²) in [5.41, 5.74) is 1.92. The van der Waals surface area contributed by atoms with Crippen molar-refractivity contribution in [2.45, 2.75) is 26.9 Å². The third-order valence-corrected chi connectivity index (χ3v) is 3.26. The van der Waals surface area contributed by atoms with Crippen LogP contribution in [0.1, 0.15) is 35.3 Å². The fraction of sp³-hybridized carbons (Fsp3) is 0.211. The fourth-order valence-electron chi connectivity index (χ4n) is 2.07. The molecule has 4 nitrogen and oxygen atoms in total. The van der Waals surface area contributed by atoms with E-state index in [1.54, 1.807) is 37.3 Å². The summed E-state index contributed by atoms with van der Waals surface area (Å²) in [7, 11) is 0. The summed E-state index contributed by atoms with van der Waals surface area (Å²) in [6, 6.07) is 9.40. The van der Waals surface area contributed by atoms with Gasteiger partial charge in [0.15, 0.2) is 5.78 Å². The molecule has 0 radical (unpaired) electrons. The molecule has 0 aliphatic rings. The number of aryl methyl sites for hydroxylation is 1. The first-order valence-electron chi connectivity index (χ1n) is 7.38. The van der Waals surface area contributed by atoms with Crippen LogP contribution in [0.25, 0.3) is 6.08 Å². The van der Waals surface area contributed by atoms with Crippen LogP contribution in [0.4, 0.5) is 0 Å². The van der Waals surface area contributed by atoms with Gasteiger partial charge in [-0.2, -0.15) is 0 Å². The van der Waals surface area contributed by atoms with Crippen LogP contribution in [0, 0.1) is 6.92 Å². The molecular weight excluding hydrogens is 292 g/mol. The monoisotopic (exact) mass is 312 g/mol. The van der Waals surface area contributed by atoms with Crippen LogP contribution in [0.5, 0.6) is 17.2 Å². The molecule has 0 aliphatic carbocycles. The van der Waals surface area contributed by atoms with Crippen molar-refractivity contribution in [2.24, 2.45) is 0 Å². The van der Waals surface area contributed by atoms with Crippen LogP contribution in [0.15, 0.2) is 42.5 Å². The first-order chi connectivity index (χ1) is 10.9. The van der Waals surface area contributed by atoms with E-state index in [4.69, 9.17) is 4.74 Å². The molecule has 2 aromatic carbocycles. The molecule has 0 bridgehead atoms. The van der Waals surface area contributed by atoms with E-state index < -0.39 is 0 Å². The number of phenols is 2. The van der Waals surface area contributed by atoms with E-state index in [0.29, 0.717) is 16.9 Å². The summed E-state index contributed by atoms with van der Waals surface area (Å²) in [4.78, 5) is 12.2. The first kappa shape index (κ1) is 16.6. The van der Waals surface area contributed by atoms with E-state index in [-0.39, 0.29) is 23.4 Å². The van der Waals surface area contributed by atoms with Gasteiger partial charge in [0.25, 0.3) is 0 Å². The highest BCUT2D eigenvalue weighted by Gasteiger charge is 2.09. The lowest BCUT2D eigenvalue weighted by atomic mass is 10.1. The van der Waals surface area contributed by atoms with E-state index in [2.05, 4.69) is 0 Å². The van der Waals surface area contributed by atoms with Crippen LogP contribution in [-0.2, 0) is 0 Å². The lowest BCUT2D eigenvalue weighted by molar-refractivity contribution is 0.104. The van der Waals surface area contributed by atoms with Gasteiger partial charge in [0, 0.05) is 17.2 Å². The van der Waals surface area contributed by atoms with Crippen molar-refractivity contribution < 1.29 is 19.7 Å². The van der Waals surface area contributed by atoms with Crippen molar-refractivity contribution in [3.63, 3.8) is 0 Å². The maximum absolute atomic E-state index is 12.2. The van der Waals surface area contributed by atoms with Gasteiger partial charge in [-0.1, -0.05) is 0 Å². The summed E-state index contributed by atoms with van der Waals surface area (Å²) in [6.45, 7) is 5.58. The molecule has 23 heavy (non-hydrogen) atoms. The molecule has 120 valence electrons. The number of ketones is 1. The Morgan fingerprint density at radius 3 is 2.39 bits per heavy atom. The Morgan fingerprint density at radius 1 is 1.13 bits per heavy atom. The van der Waals surface area contributed by atoms with Gasteiger partial charge in [-0.3, -0.25) is 4.79 Å². The second-order valence-corrected chi connectivity index (χ2v) is 5.59. The Morgan fingerprint density at radius 2 is 1.78 bits per heavy atom. The molecule has 0 amide bonds. The average Bonchev–Trinajstić information content (AvgIpc) is 2.49. The molecule has 0 heterocycles. The van der Waals surface area contributed by atoms with Crippen LogP contribution >= 0.6 is 0 Å². The lowest BCUT2D eigenvalue weighted by Crippen LogP contribution is -2.06. The lowest BCUT2D eigenvalue weighted by Gasteiger charge is -2.14. The molecule has 0 aromatic heterocycles. The van der Waals surface area contributed by atoms with Gasteiger partial charge in [-0.15, -0.1) is 0 Å². The van der Waals surface area contributed by atoms with E-state index in [0.717, 1.165) is 5.56 Å². The molecule has 0 fully saturated rings. The molecular formula is C19H20O4. The van der Waals surface area contributed by atoms with Gasteiger partial charge < -0.3 is 14.9 Å². The summed E-state index contributed by atoms with van der Waals surface area (Å²) < 4.78 is 5.68. The molecule has 0 aliphatic heterocycles. The molecule has 0 saturated heterocycles. The predicted octanol–water partition coefficient (Wildman–Crippen LogP) is 4.09. The highest BCUT2D eigenvalue weighted by atomic mass is 16.5. The number of ether oxygens (including phenoxy) is 1. The second kappa shape index (κ2) is 7.01. The van der Waals surface area contributed by atoms with Crippen molar-refractivity contribution in [2.75, 3.05) is 0 Å². The first-order valence-corrected chi connectivity index (χ1v) is 7.38. The zero-order valence-corrected chi connectivity index (χ0v) is 13.4. The minimum Gasteiger partial charge on any atom is -0.508 e. The van der Waals surface area contributed by atoms with E-state index in [1.807, 2.05) is 13.8 Å². The Balaban J connectivity index is 2.28. The Hall–Kier alpha value is -2.75. The molecule has 2 N–H and O–H groups in total. The van der Waals surface area contributed by atoms with Crippen LogP contribution in [0.3, 0.4) is 0 Å². The highest BCUT2D eigenvalue weighted by Crippen LogP contribution is 2.29. The topological polar surface area (TPSA) is 66.8 Å². The molecule has 2 aromatic rings. The zero-order valence-electron chi connectivity index (χ0n) is 13.4. The van der Waals surface area contributed by atoms with E-state index in [9.17, 15) is 15.0 Å². The normalized spacial score (nSPS) is 11.1. The largest absolute Gasteiger partial charge is 0.508 e. The number of hydrogen-bond donors (Lipinski definition) is 2. The summed E-state index contributed by atoms with van der Waals surface area (Å²) in [5.74, 6) is 0.624. The van der Waals surface area contributed by atoms with Gasteiger partial charge in [0.05, 0.1) is 6.10 Å². The number of hydrogen-bond acceptors (Lipinski definition) is 4. The maximum Gasteiger partial charge on any atom is 0.185 e. The molecule has 0 spiro atoms. The van der Waals surface area contributed by atoms with Crippen molar-refractivity contribution in [3.8, 4) is 17.2 Å². The number of benzene rings is 2. The number of allylic oxidation sites excluding steroid dienone is 1. The van der Waals surface area contributed by atoms with Crippen LogP contribution < -0.4 is 4.74 Å². The second-order valence-electron chi connectivity index (χ2n) is 5.59. The van der Waals surface area contributed by atoms with Gasteiger partial charge in [-0.25, -0.2) is 0 Å². The van der Waals surface area contributed by atoms with Crippen molar-refractivity contribution in [1.82, 2.24) is 0 Å². The predicted molar refractivity (Wildman–Crippen MR) is 90.1 cm³/mol. The Bertz CT molecular complexity index is 728. The molecule has 2 rings (SSSR count). The third-order valence-electron chi connectivity index (χ3n) is 3.26. The van der Waals surface area contributed by atoms with Crippen LogP contribution in [-0.4, -0.2) is 22.1 Å². The minimum absolute atomic E-state index is 0.0444. The van der Waals surface area contributed by atoms with Gasteiger partial charge in [0.2, 0.25) is 0 Å². The number of rotatable bonds is 5. The minimum atomic E-state index is -0.175. The molecule has 0 atom stereocenters. The Labute approximate surface area is 135 Å². The summed E-state index contributed by atoms with van der Waals surface area (Å²) in [6.07, 6.45) is 3.07. The number of carbonyl (C=O) groups excluding carboxylic acids is 1. The van der Waals surface area contributed by atoms with E-state index in [1.165, 1.54) is 18.2 Å². The highest BCUT2D eigenvalue weighted by molar-refractivity contribution is 6.07. The van der Waals surface area contributed by atoms with E-state index >= 15 is 0 Å². The summed E-state index contributed by atoms with van der Waals surface area (Å²) >= 11 is 0. The smallest absolute Gasteiger partial charge is 0.185 e. The standard InChI is InChI=1S/C19H20O4/c1-12(2)23-19-11-18(22)13(3)10-15(19)6-9-17(21)14-4-7-16(20)8-5-14/h4-12,20,22H,1-3H3/b9-6+. The summed E-state index contributed by atoms with van der Waals surface area (Å²) in [5, 5.41) is 19.1. The van der Waals surface area contributed by atoms with Crippen LogP contribution in [0.2, 0.25) is 0 Å². The number of aromatic hydroxyl groups is 2. The van der Waals surface area contributed by atoms with Crippen molar-refractivity contribution in [1.29, 1.82) is 0 Å². The Kier molecular flexibility index (Phi) is 5.06. The van der Waals surface area contributed by atoms with Gasteiger partial charge in [0.1, 0.15) is 17.2 Å². The molecule has 0 saturated carbocycles. The maximum atomic E-state index is 12.2.